The summed E-state index contributed by atoms with van der Waals surface area (Å²) in [5.41, 5.74) is 1.51. The third-order valence-corrected chi connectivity index (χ3v) is 4.39. The predicted octanol–water partition coefficient (Wildman–Crippen LogP) is 3.93. The van der Waals surface area contributed by atoms with Crippen LogP contribution in [0.5, 0.6) is 0 Å². The number of halogens is 2. The maximum atomic E-state index is 12.3. The van der Waals surface area contributed by atoms with E-state index in [1.54, 1.807) is 42.5 Å². The summed E-state index contributed by atoms with van der Waals surface area (Å²) < 4.78 is 0. The van der Waals surface area contributed by atoms with E-state index in [0.717, 1.165) is 13.0 Å². The first kappa shape index (κ1) is 20.2. The summed E-state index contributed by atoms with van der Waals surface area (Å²) in [6.45, 7) is 1.52. The summed E-state index contributed by atoms with van der Waals surface area (Å²) in [7, 11) is 3.98. The minimum atomic E-state index is -0.290. The first-order valence-electron chi connectivity index (χ1n) is 8.16. The largest absolute Gasteiger partial charge is 0.352 e. The van der Waals surface area contributed by atoms with E-state index in [4.69, 9.17) is 23.2 Å². The predicted molar refractivity (Wildman–Crippen MR) is 106 cm³/mol. The van der Waals surface area contributed by atoms with Crippen molar-refractivity contribution in [1.82, 2.24) is 10.2 Å². The second-order valence-electron chi connectivity index (χ2n) is 6.07. The van der Waals surface area contributed by atoms with Crippen LogP contribution in [0, 0.1) is 0 Å². The molecule has 26 heavy (non-hydrogen) atoms. The van der Waals surface area contributed by atoms with E-state index < -0.39 is 0 Å². The Balaban J connectivity index is 1.92. The molecule has 0 atom stereocenters. The molecule has 0 bridgehead atoms. The van der Waals surface area contributed by atoms with Crippen molar-refractivity contribution >= 4 is 40.7 Å². The van der Waals surface area contributed by atoms with Crippen molar-refractivity contribution in [2.24, 2.45) is 0 Å². The van der Waals surface area contributed by atoms with Gasteiger partial charge in [0.2, 0.25) is 0 Å². The molecule has 138 valence electrons. The van der Waals surface area contributed by atoms with Gasteiger partial charge >= 0.3 is 0 Å². The molecule has 0 aliphatic carbocycles. The average molecular weight is 394 g/mol. The van der Waals surface area contributed by atoms with Crippen LogP contribution < -0.4 is 10.6 Å². The zero-order valence-electron chi connectivity index (χ0n) is 14.7. The van der Waals surface area contributed by atoms with Crippen LogP contribution in [0.1, 0.15) is 27.1 Å². The highest BCUT2D eigenvalue weighted by Gasteiger charge is 2.10. The number of amides is 2. The van der Waals surface area contributed by atoms with Crippen LogP contribution in [0.4, 0.5) is 5.69 Å². The van der Waals surface area contributed by atoms with E-state index in [0.29, 0.717) is 33.4 Å². The van der Waals surface area contributed by atoms with Gasteiger partial charge in [0.15, 0.2) is 0 Å². The van der Waals surface area contributed by atoms with Crippen molar-refractivity contribution in [1.29, 1.82) is 0 Å². The lowest BCUT2D eigenvalue weighted by Gasteiger charge is -2.10. The highest BCUT2D eigenvalue weighted by molar-refractivity contribution is 6.42. The van der Waals surface area contributed by atoms with Crippen molar-refractivity contribution in [3.63, 3.8) is 0 Å². The van der Waals surface area contributed by atoms with Gasteiger partial charge < -0.3 is 15.5 Å². The van der Waals surface area contributed by atoms with E-state index in [1.807, 2.05) is 14.1 Å². The Labute approximate surface area is 163 Å². The Hall–Kier alpha value is -2.08. The van der Waals surface area contributed by atoms with Gasteiger partial charge in [-0.25, -0.2) is 0 Å². The molecule has 0 aromatic heterocycles. The summed E-state index contributed by atoms with van der Waals surface area (Å²) in [5, 5.41) is 6.39. The van der Waals surface area contributed by atoms with E-state index in [9.17, 15) is 9.59 Å². The molecule has 0 unspecified atom stereocenters. The second kappa shape index (κ2) is 9.57. The van der Waals surface area contributed by atoms with Crippen LogP contribution in [-0.4, -0.2) is 43.9 Å². The molecule has 2 rings (SSSR count). The van der Waals surface area contributed by atoms with Crippen molar-refractivity contribution in [2.75, 3.05) is 32.5 Å². The van der Waals surface area contributed by atoms with Crippen LogP contribution in [0.15, 0.2) is 42.5 Å². The van der Waals surface area contributed by atoms with Gasteiger partial charge in [-0.1, -0.05) is 23.2 Å². The number of rotatable bonds is 7. The van der Waals surface area contributed by atoms with Gasteiger partial charge in [0, 0.05) is 23.4 Å². The Kier molecular flexibility index (Phi) is 7.45. The van der Waals surface area contributed by atoms with E-state index in [-0.39, 0.29) is 11.8 Å². The fraction of sp³-hybridized carbons (Fsp3) is 0.263. The number of hydrogen-bond acceptors (Lipinski definition) is 3. The fourth-order valence-electron chi connectivity index (χ4n) is 2.25. The highest BCUT2D eigenvalue weighted by Crippen LogP contribution is 2.25. The van der Waals surface area contributed by atoms with E-state index >= 15 is 0 Å². The maximum Gasteiger partial charge on any atom is 0.255 e. The van der Waals surface area contributed by atoms with Crippen LogP contribution in [0.3, 0.4) is 0 Å². The third kappa shape index (κ3) is 6.02. The molecule has 2 amide bonds. The molecule has 0 aliphatic rings. The topological polar surface area (TPSA) is 61.4 Å². The lowest BCUT2D eigenvalue weighted by atomic mass is 10.1. The number of anilines is 1. The number of benzene rings is 2. The molecule has 7 heteroatoms. The zero-order valence-corrected chi connectivity index (χ0v) is 16.2. The first-order chi connectivity index (χ1) is 12.4. The normalized spacial score (nSPS) is 10.7. The Morgan fingerprint density at radius 2 is 1.54 bits per heavy atom. The SMILES string of the molecule is CN(C)CCCNC(=O)c1ccc(C(=O)Nc2ccc(Cl)c(Cl)c2)cc1. The molecule has 2 aromatic carbocycles. The minimum Gasteiger partial charge on any atom is -0.352 e. The molecule has 0 radical (unpaired) electrons. The van der Waals surface area contributed by atoms with Crippen LogP contribution >= 0.6 is 23.2 Å². The summed E-state index contributed by atoms with van der Waals surface area (Å²) in [4.78, 5) is 26.4. The quantitative estimate of drug-likeness (QED) is 0.700. The van der Waals surface area contributed by atoms with Gasteiger partial charge in [0.1, 0.15) is 0 Å². The summed E-state index contributed by atoms with van der Waals surface area (Å²) in [6, 6.07) is 11.3. The zero-order chi connectivity index (χ0) is 19.1. The van der Waals surface area contributed by atoms with Crippen LogP contribution in [0.25, 0.3) is 0 Å². The molecule has 0 spiro atoms. The minimum absolute atomic E-state index is 0.153. The van der Waals surface area contributed by atoms with E-state index in [1.165, 1.54) is 0 Å². The molecule has 0 heterocycles. The molecule has 0 saturated carbocycles. The van der Waals surface area contributed by atoms with Crippen molar-refractivity contribution < 1.29 is 9.59 Å². The van der Waals surface area contributed by atoms with Gasteiger partial charge in [-0.15, -0.1) is 0 Å². The molecule has 0 saturated heterocycles. The van der Waals surface area contributed by atoms with Crippen molar-refractivity contribution in [2.45, 2.75) is 6.42 Å². The maximum absolute atomic E-state index is 12.3. The summed E-state index contributed by atoms with van der Waals surface area (Å²) in [5.74, 6) is -0.443. The van der Waals surface area contributed by atoms with Crippen LogP contribution in [-0.2, 0) is 0 Å². The standard InChI is InChI=1S/C19H21Cl2N3O2/c1-24(2)11-3-10-22-18(25)13-4-6-14(7-5-13)19(26)23-15-8-9-16(20)17(21)12-15/h4-9,12H,3,10-11H2,1-2H3,(H,22,25)(H,23,26). The monoisotopic (exact) mass is 393 g/mol. The van der Waals surface area contributed by atoms with Gasteiger partial charge in [-0.3, -0.25) is 9.59 Å². The molecule has 2 aromatic rings. The first-order valence-corrected chi connectivity index (χ1v) is 8.92. The lowest BCUT2D eigenvalue weighted by molar-refractivity contribution is 0.0950. The van der Waals surface area contributed by atoms with Gasteiger partial charge in [-0.2, -0.15) is 0 Å². The smallest absolute Gasteiger partial charge is 0.255 e. The van der Waals surface area contributed by atoms with Gasteiger partial charge in [0.25, 0.3) is 11.8 Å². The Morgan fingerprint density at radius 1 is 0.923 bits per heavy atom. The number of carbonyl (C=O) groups excluding carboxylic acids is 2. The Morgan fingerprint density at radius 3 is 2.12 bits per heavy atom. The number of nitrogens with zero attached hydrogens (tertiary/aromatic N) is 1. The summed E-state index contributed by atoms with van der Waals surface area (Å²) >= 11 is 11.8. The molecule has 0 fully saturated rings. The third-order valence-electron chi connectivity index (χ3n) is 3.65. The number of carbonyl (C=O) groups is 2. The van der Waals surface area contributed by atoms with Crippen molar-refractivity contribution in [3.8, 4) is 0 Å². The molecule has 5 nitrogen and oxygen atoms in total. The highest BCUT2D eigenvalue weighted by atomic mass is 35.5. The van der Waals surface area contributed by atoms with E-state index in [2.05, 4.69) is 15.5 Å². The number of hydrogen-bond donors (Lipinski definition) is 2. The number of nitrogens with one attached hydrogen (secondary N) is 2. The molecular weight excluding hydrogens is 373 g/mol. The Bertz CT molecular complexity index is 777. The lowest BCUT2D eigenvalue weighted by Crippen LogP contribution is -2.27. The molecule has 2 N–H and O–H groups in total. The fourth-order valence-corrected chi connectivity index (χ4v) is 2.55. The van der Waals surface area contributed by atoms with Crippen molar-refractivity contribution in [3.05, 3.63) is 63.6 Å². The second-order valence-corrected chi connectivity index (χ2v) is 6.89. The average Bonchev–Trinajstić information content (AvgIpc) is 2.61. The van der Waals surface area contributed by atoms with Gasteiger partial charge in [-0.05, 0) is 69.5 Å². The van der Waals surface area contributed by atoms with Gasteiger partial charge in [0.05, 0.1) is 10.0 Å². The summed E-state index contributed by atoms with van der Waals surface area (Å²) in [6.07, 6.45) is 0.878. The molecular formula is C19H21Cl2N3O2. The molecule has 0 aliphatic heterocycles. The van der Waals surface area contributed by atoms with Crippen LogP contribution in [0.2, 0.25) is 10.0 Å².